The third kappa shape index (κ3) is 14.9. The van der Waals surface area contributed by atoms with Gasteiger partial charge in [0.25, 0.3) is 0 Å². The molecule has 0 unspecified atom stereocenters. The molecule has 0 bridgehead atoms. The van der Waals surface area contributed by atoms with Gasteiger partial charge in [-0.2, -0.15) is 0 Å². The summed E-state index contributed by atoms with van der Waals surface area (Å²) in [6.07, 6.45) is 14.6. The maximum absolute atomic E-state index is 10.7. The molecule has 0 aromatic carbocycles. The van der Waals surface area contributed by atoms with E-state index in [1.807, 2.05) is 0 Å². The van der Waals surface area contributed by atoms with E-state index in [1.165, 1.54) is 57.4 Å². The summed E-state index contributed by atoms with van der Waals surface area (Å²) in [7, 11) is 0. The fourth-order valence-corrected chi connectivity index (χ4v) is 2.40. The number of carboxylic acid groups (broad SMARTS) is 1. The van der Waals surface area contributed by atoms with Crippen LogP contribution < -0.4 is 11.5 Å². The van der Waals surface area contributed by atoms with E-state index in [4.69, 9.17) is 16.6 Å². The van der Waals surface area contributed by atoms with Gasteiger partial charge in [0.1, 0.15) is 0 Å². The number of aliphatic imine (C=N–C) groups is 1. The summed E-state index contributed by atoms with van der Waals surface area (Å²) in [4.78, 5) is 14.6. The molecule has 0 spiro atoms. The third-order valence-electron chi connectivity index (χ3n) is 3.64. The highest BCUT2D eigenvalue weighted by atomic mass is 16.4. The highest BCUT2D eigenvalue weighted by Crippen LogP contribution is 2.14. The van der Waals surface area contributed by atoms with E-state index >= 15 is 0 Å². The Morgan fingerprint density at radius 3 is 1.91 bits per heavy atom. The Balaban J connectivity index is 3.68. The lowest BCUT2D eigenvalue weighted by Gasteiger charge is -2.05. The predicted octanol–water partition coefficient (Wildman–Crippen LogP) is 3.58. The highest BCUT2D eigenvalue weighted by molar-refractivity contribution is 5.81. The predicted molar refractivity (Wildman–Crippen MR) is 92.9 cm³/mol. The second kappa shape index (κ2) is 14.4. The minimum Gasteiger partial charge on any atom is -0.478 e. The molecule has 5 nitrogen and oxygen atoms in total. The van der Waals surface area contributed by atoms with Crippen LogP contribution >= 0.6 is 0 Å². The summed E-state index contributed by atoms with van der Waals surface area (Å²) in [5.41, 5.74) is 11.3. The van der Waals surface area contributed by atoms with E-state index in [0.717, 1.165) is 24.8 Å². The monoisotopic (exact) mass is 311 g/mol. The number of hydrogen-bond acceptors (Lipinski definition) is 2. The van der Waals surface area contributed by atoms with Crippen LogP contribution in [0.25, 0.3) is 0 Å². The normalized spacial score (nSPS) is 11.4. The third-order valence-corrected chi connectivity index (χ3v) is 3.64. The topological polar surface area (TPSA) is 102 Å². The molecule has 0 aromatic heterocycles. The molecule has 0 aromatic rings. The van der Waals surface area contributed by atoms with Crippen molar-refractivity contribution in [3.05, 3.63) is 11.6 Å². The van der Waals surface area contributed by atoms with Gasteiger partial charge in [0.05, 0.1) is 6.54 Å². The van der Waals surface area contributed by atoms with Gasteiger partial charge < -0.3 is 16.6 Å². The van der Waals surface area contributed by atoms with Crippen molar-refractivity contribution in [3.8, 4) is 0 Å². The summed E-state index contributed by atoms with van der Waals surface area (Å²) >= 11 is 0. The van der Waals surface area contributed by atoms with Crippen molar-refractivity contribution in [2.24, 2.45) is 16.5 Å². The van der Waals surface area contributed by atoms with Crippen LogP contribution in [-0.2, 0) is 4.79 Å². The first-order chi connectivity index (χ1) is 10.6. The number of unbranched alkanes of at least 4 members (excludes halogenated alkanes) is 9. The zero-order valence-corrected chi connectivity index (χ0v) is 14.0. The number of nitrogens with zero attached hydrogens (tertiary/aromatic N) is 1. The average Bonchev–Trinajstić information content (AvgIpc) is 2.45. The number of carbonyl (C=O) groups is 1. The first-order valence-corrected chi connectivity index (χ1v) is 8.54. The summed E-state index contributed by atoms with van der Waals surface area (Å²) in [5, 5.41) is 8.82. The second-order valence-electron chi connectivity index (χ2n) is 5.81. The molecule has 22 heavy (non-hydrogen) atoms. The maximum Gasteiger partial charge on any atom is 0.328 e. The number of rotatable bonds is 14. The van der Waals surface area contributed by atoms with Crippen LogP contribution in [0.15, 0.2) is 16.6 Å². The lowest BCUT2D eigenvalue weighted by molar-refractivity contribution is -0.131. The molecule has 0 aliphatic rings. The Kier molecular flexibility index (Phi) is 13.4. The Morgan fingerprint density at radius 2 is 1.45 bits per heavy atom. The van der Waals surface area contributed by atoms with Crippen molar-refractivity contribution in [1.29, 1.82) is 0 Å². The molecule has 0 amide bonds. The highest BCUT2D eigenvalue weighted by Gasteiger charge is 2.01. The summed E-state index contributed by atoms with van der Waals surface area (Å²) in [5.74, 6) is -0.938. The standard InChI is InChI=1S/C17H33N3O2/c1-2-3-4-5-6-7-8-9-10-11-12-15(13-16(21)22)14-20-17(18)19/h13H,2-12,14H2,1H3,(H,21,22)(H4,18,19,20). The molecule has 0 aliphatic heterocycles. The van der Waals surface area contributed by atoms with Crippen LogP contribution in [0.5, 0.6) is 0 Å². The zero-order chi connectivity index (χ0) is 16.6. The average molecular weight is 311 g/mol. The number of nitrogens with two attached hydrogens (primary N) is 2. The number of hydrogen-bond donors (Lipinski definition) is 3. The fourth-order valence-electron chi connectivity index (χ4n) is 2.40. The molecule has 0 radical (unpaired) electrons. The first kappa shape index (κ1) is 20.5. The molecule has 0 aliphatic carbocycles. The number of guanidine groups is 1. The molecular formula is C17H33N3O2. The first-order valence-electron chi connectivity index (χ1n) is 8.54. The fraction of sp³-hybridized carbons (Fsp3) is 0.765. The maximum atomic E-state index is 10.7. The second-order valence-corrected chi connectivity index (χ2v) is 5.81. The van der Waals surface area contributed by atoms with Gasteiger partial charge in [0.15, 0.2) is 5.96 Å². The Bertz CT molecular complexity index is 348. The molecule has 0 saturated heterocycles. The Hall–Kier alpha value is -1.52. The van der Waals surface area contributed by atoms with Gasteiger partial charge in [0.2, 0.25) is 0 Å². The SMILES string of the molecule is CCCCCCCCCCCCC(=CC(=O)O)CN=C(N)N. The molecule has 0 saturated carbocycles. The molecule has 0 heterocycles. The lowest BCUT2D eigenvalue weighted by atomic mass is 10.0. The molecular weight excluding hydrogens is 278 g/mol. The van der Waals surface area contributed by atoms with Crippen molar-refractivity contribution >= 4 is 11.9 Å². The number of carboxylic acids is 1. The van der Waals surface area contributed by atoms with Crippen molar-refractivity contribution < 1.29 is 9.90 Å². The van der Waals surface area contributed by atoms with E-state index in [2.05, 4.69) is 11.9 Å². The Labute approximate surface area is 134 Å². The van der Waals surface area contributed by atoms with Crippen LogP contribution in [0.4, 0.5) is 0 Å². The van der Waals surface area contributed by atoms with Crippen molar-refractivity contribution in [2.75, 3.05) is 6.54 Å². The minimum absolute atomic E-state index is 0.000591. The van der Waals surface area contributed by atoms with Gasteiger partial charge in [-0.15, -0.1) is 0 Å². The lowest BCUT2D eigenvalue weighted by Crippen LogP contribution is -2.23. The number of aliphatic carboxylic acids is 1. The van der Waals surface area contributed by atoms with E-state index in [9.17, 15) is 4.79 Å². The molecule has 0 atom stereocenters. The van der Waals surface area contributed by atoms with E-state index in [1.54, 1.807) is 0 Å². The smallest absolute Gasteiger partial charge is 0.328 e. The minimum atomic E-state index is -0.937. The van der Waals surface area contributed by atoms with Crippen LogP contribution in [0, 0.1) is 0 Å². The van der Waals surface area contributed by atoms with Gasteiger partial charge in [-0.1, -0.05) is 64.7 Å². The van der Waals surface area contributed by atoms with Crippen LogP contribution in [0.3, 0.4) is 0 Å². The van der Waals surface area contributed by atoms with Crippen molar-refractivity contribution in [3.63, 3.8) is 0 Å². The van der Waals surface area contributed by atoms with Gasteiger partial charge in [0, 0.05) is 6.08 Å². The zero-order valence-electron chi connectivity index (χ0n) is 14.0. The summed E-state index contributed by atoms with van der Waals surface area (Å²) in [6.45, 7) is 2.52. The molecule has 0 fully saturated rings. The largest absolute Gasteiger partial charge is 0.478 e. The van der Waals surface area contributed by atoms with E-state index in [0.29, 0.717) is 0 Å². The van der Waals surface area contributed by atoms with Gasteiger partial charge >= 0.3 is 5.97 Å². The molecule has 5 heteroatoms. The quantitative estimate of drug-likeness (QED) is 0.197. The van der Waals surface area contributed by atoms with E-state index < -0.39 is 5.97 Å². The van der Waals surface area contributed by atoms with Gasteiger partial charge in [-0.3, -0.25) is 0 Å². The summed E-state index contributed by atoms with van der Waals surface area (Å²) < 4.78 is 0. The van der Waals surface area contributed by atoms with Gasteiger partial charge in [-0.05, 0) is 18.4 Å². The van der Waals surface area contributed by atoms with Crippen molar-refractivity contribution in [2.45, 2.75) is 77.6 Å². The Morgan fingerprint density at radius 1 is 0.955 bits per heavy atom. The van der Waals surface area contributed by atoms with E-state index in [-0.39, 0.29) is 12.5 Å². The van der Waals surface area contributed by atoms with Crippen molar-refractivity contribution in [1.82, 2.24) is 0 Å². The summed E-state index contributed by atoms with van der Waals surface area (Å²) in [6, 6.07) is 0. The van der Waals surface area contributed by atoms with Crippen LogP contribution in [0.2, 0.25) is 0 Å². The van der Waals surface area contributed by atoms with Gasteiger partial charge in [-0.25, -0.2) is 9.79 Å². The molecule has 128 valence electrons. The molecule has 5 N–H and O–H groups in total. The van der Waals surface area contributed by atoms with Crippen LogP contribution in [0.1, 0.15) is 77.6 Å². The van der Waals surface area contributed by atoms with Crippen LogP contribution in [-0.4, -0.2) is 23.6 Å². The molecule has 0 rings (SSSR count).